The van der Waals surface area contributed by atoms with Gasteiger partial charge in [-0.15, -0.1) is 0 Å². The molecule has 1 fully saturated rings. The van der Waals surface area contributed by atoms with Crippen molar-refractivity contribution in [1.29, 1.82) is 0 Å². The predicted octanol–water partition coefficient (Wildman–Crippen LogP) is 2.71. The lowest BCUT2D eigenvalue weighted by molar-refractivity contribution is -0.137. The summed E-state index contributed by atoms with van der Waals surface area (Å²) in [6, 6.07) is 0. The van der Waals surface area contributed by atoms with Gasteiger partial charge < -0.3 is 9.16 Å². The summed E-state index contributed by atoms with van der Waals surface area (Å²) in [4.78, 5) is 10.3. The molecule has 0 aromatic carbocycles. The second-order valence-corrected chi connectivity index (χ2v) is 10.8. The highest BCUT2D eigenvalue weighted by atomic mass is 28.4. The number of hydrogen-bond acceptors (Lipinski definition) is 3. The Hall–Kier alpha value is -0.353. The molecule has 15 heavy (non-hydrogen) atoms. The van der Waals surface area contributed by atoms with Crippen molar-refractivity contribution in [2.24, 2.45) is 0 Å². The molecule has 1 aliphatic rings. The van der Waals surface area contributed by atoms with E-state index in [0.29, 0.717) is 13.1 Å². The van der Waals surface area contributed by atoms with Gasteiger partial charge in [-0.05, 0) is 31.0 Å². The quantitative estimate of drug-likeness (QED) is 0.538. The first-order valence-corrected chi connectivity index (χ1v) is 8.39. The Morgan fingerprint density at radius 3 is 2.20 bits per heavy atom. The summed E-state index contributed by atoms with van der Waals surface area (Å²) < 4.78 is 11.1. The molecule has 0 aromatic heterocycles. The molecule has 0 N–H and O–H groups in total. The topological polar surface area (TPSA) is 35.5 Å². The van der Waals surface area contributed by atoms with Crippen LogP contribution in [0.15, 0.2) is 0 Å². The lowest BCUT2D eigenvalue weighted by Gasteiger charge is -2.37. The summed E-state index contributed by atoms with van der Waals surface area (Å²) in [7, 11) is -1.70. The summed E-state index contributed by atoms with van der Waals surface area (Å²) in [5.41, 5.74) is -0.280. The highest BCUT2D eigenvalue weighted by molar-refractivity contribution is 6.74. The van der Waals surface area contributed by atoms with Crippen LogP contribution in [0.3, 0.4) is 0 Å². The fourth-order valence-corrected chi connectivity index (χ4v) is 2.12. The van der Waals surface area contributed by atoms with Crippen LogP contribution >= 0.6 is 0 Å². The molecule has 0 bridgehead atoms. The highest BCUT2D eigenvalue weighted by Crippen LogP contribution is 2.42. The van der Waals surface area contributed by atoms with Crippen LogP contribution in [0.4, 0.5) is 0 Å². The van der Waals surface area contributed by atoms with E-state index in [1.165, 1.54) is 0 Å². The molecule has 0 saturated heterocycles. The van der Waals surface area contributed by atoms with Gasteiger partial charge in [0.1, 0.15) is 5.60 Å². The third-order valence-corrected chi connectivity index (χ3v) is 8.09. The molecule has 0 spiro atoms. The molecular weight excluding hydrogens is 208 g/mol. The Morgan fingerprint density at radius 1 is 1.33 bits per heavy atom. The first-order valence-electron chi connectivity index (χ1n) is 5.48. The fourth-order valence-electron chi connectivity index (χ4n) is 1.07. The molecule has 0 amide bonds. The minimum absolute atomic E-state index is 0.213. The van der Waals surface area contributed by atoms with Crippen LogP contribution in [0.25, 0.3) is 0 Å². The van der Waals surface area contributed by atoms with Crippen molar-refractivity contribution in [3.63, 3.8) is 0 Å². The lowest BCUT2D eigenvalue weighted by atomic mass is 10.2. The van der Waals surface area contributed by atoms with Crippen molar-refractivity contribution >= 4 is 14.8 Å². The van der Waals surface area contributed by atoms with E-state index in [1.807, 2.05) is 0 Å². The number of ether oxygens (including phenoxy) is 1. The summed E-state index contributed by atoms with van der Waals surface area (Å²) in [6.45, 7) is 12.2. The molecule has 0 radical (unpaired) electrons. The molecule has 0 aliphatic heterocycles. The fraction of sp³-hybridized carbons (Fsp3) is 0.909. The SMILES string of the molecule is CC(C)(C)[Si](C)(C)OCC1(OC=O)CC1. The van der Waals surface area contributed by atoms with Gasteiger partial charge in [-0.25, -0.2) is 0 Å². The molecule has 1 aliphatic carbocycles. The first kappa shape index (κ1) is 12.7. The lowest BCUT2D eigenvalue weighted by Crippen LogP contribution is -2.43. The van der Waals surface area contributed by atoms with Crippen LogP contribution in [0.1, 0.15) is 33.6 Å². The molecule has 88 valence electrons. The van der Waals surface area contributed by atoms with E-state index >= 15 is 0 Å². The largest absolute Gasteiger partial charge is 0.459 e. The Labute approximate surface area is 93.3 Å². The Balaban J connectivity index is 2.46. The van der Waals surface area contributed by atoms with Crippen LogP contribution in [0.5, 0.6) is 0 Å². The van der Waals surface area contributed by atoms with Crippen LogP contribution in [-0.4, -0.2) is 27.0 Å². The summed E-state index contributed by atoms with van der Waals surface area (Å²) in [5, 5.41) is 0.213. The second kappa shape index (κ2) is 3.90. The highest BCUT2D eigenvalue weighted by Gasteiger charge is 2.48. The monoisotopic (exact) mass is 230 g/mol. The van der Waals surface area contributed by atoms with Gasteiger partial charge in [0.25, 0.3) is 6.47 Å². The van der Waals surface area contributed by atoms with Crippen molar-refractivity contribution < 1.29 is 14.0 Å². The van der Waals surface area contributed by atoms with Gasteiger partial charge in [-0.3, -0.25) is 4.79 Å². The van der Waals surface area contributed by atoms with E-state index in [9.17, 15) is 4.79 Å². The minimum atomic E-state index is -1.70. The Bertz CT molecular complexity index is 239. The normalized spacial score (nSPS) is 19.8. The maximum Gasteiger partial charge on any atom is 0.293 e. The van der Waals surface area contributed by atoms with Crippen molar-refractivity contribution in [1.82, 2.24) is 0 Å². The molecule has 0 atom stereocenters. The zero-order chi connectivity index (χ0) is 11.7. The van der Waals surface area contributed by atoms with Crippen LogP contribution in [-0.2, 0) is 14.0 Å². The maximum atomic E-state index is 10.3. The van der Waals surface area contributed by atoms with E-state index in [1.54, 1.807) is 0 Å². The van der Waals surface area contributed by atoms with Crippen LogP contribution in [0.2, 0.25) is 18.1 Å². The summed E-state index contributed by atoms with van der Waals surface area (Å²) in [6.07, 6.45) is 1.89. The molecule has 0 unspecified atom stereocenters. The van der Waals surface area contributed by atoms with E-state index in [0.717, 1.165) is 12.8 Å². The van der Waals surface area contributed by atoms with Crippen LogP contribution < -0.4 is 0 Å². The summed E-state index contributed by atoms with van der Waals surface area (Å²) in [5.74, 6) is 0. The molecule has 4 heteroatoms. The number of rotatable bonds is 5. The van der Waals surface area contributed by atoms with E-state index in [2.05, 4.69) is 33.9 Å². The predicted molar refractivity (Wildman–Crippen MR) is 62.3 cm³/mol. The third-order valence-electron chi connectivity index (χ3n) is 3.61. The van der Waals surface area contributed by atoms with E-state index in [-0.39, 0.29) is 10.6 Å². The van der Waals surface area contributed by atoms with Crippen molar-refractivity contribution in [2.75, 3.05) is 6.61 Å². The van der Waals surface area contributed by atoms with Gasteiger partial charge in [0.2, 0.25) is 0 Å². The van der Waals surface area contributed by atoms with Gasteiger partial charge in [-0.2, -0.15) is 0 Å². The van der Waals surface area contributed by atoms with Gasteiger partial charge in [0.15, 0.2) is 8.32 Å². The zero-order valence-corrected chi connectivity index (χ0v) is 11.4. The third kappa shape index (κ3) is 3.05. The Morgan fingerprint density at radius 2 is 1.87 bits per heavy atom. The van der Waals surface area contributed by atoms with Crippen molar-refractivity contribution in [2.45, 2.75) is 57.3 Å². The standard InChI is InChI=1S/C11H22O3Si/c1-10(2,3)15(4,5)14-8-11(6-7-11)13-9-12/h9H,6-8H2,1-5H3. The maximum absolute atomic E-state index is 10.3. The molecule has 3 nitrogen and oxygen atoms in total. The van der Waals surface area contributed by atoms with Crippen molar-refractivity contribution in [3.05, 3.63) is 0 Å². The van der Waals surface area contributed by atoms with Gasteiger partial charge in [0.05, 0.1) is 6.61 Å². The Kier molecular flexibility index (Phi) is 3.31. The molecule has 0 aromatic rings. The van der Waals surface area contributed by atoms with Gasteiger partial charge in [0, 0.05) is 0 Å². The number of hydrogen-bond donors (Lipinski definition) is 0. The average Bonchev–Trinajstić information content (AvgIpc) is 2.81. The van der Waals surface area contributed by atoms with E-state index < -0.39 is 8.32 Å². The van der Waals surface area contributed by atoms with Crippen molar-refractivity contribution in [3.8, 4) is 0 Å². The van der Waals surface area contributed by atoms with Gasteiger partial charge >= 0.3 is 0 Å². The molecule has 1 saturated carbocycles. The summed E-state index contributed by atoms with van der Waals surface area (Å²) >= 11 is 0. The smallest absolute Gasteiger partial charge is 0.293 e. The molecular formula is C11H22O3Si. The molecule has 1 rings (SSSR count). The first-order chi connectivity index (χ1) is 6.72. The second-order valence-electron chi connectivity index (χ2n) is 5.95. The molecule has 0 heterocycles. The zero-order valence-electron chi connectivity index (χ0n) is 10.4. The number of carbonyl (C=O) groups excluding carboxylic acids is 1. The average molecular weight is 230 g/mol. The van der Waals surface area contributed by atoms with E-state index in [4.69, 9.17) is 9.16 Å². The van der Waals surface area contributed by atoms with Gasteiger partial charge in [-0.1, -0.05) is 20.8 Å². The van der Waals surface area contributed by atoms with Crippen LogP contribution in [0, 0.1) is 0 Å². The minimum Gasteiger partial charge on any atom is -0.459 e. The number of carbonyl (C=O) groups is 1.